The number of phosphoric ester groups is 1. The summed E-state index contributed by atoms with van der Waals surface area (Å²) >= 11 is 1.36. The zero-order chi connectivity index (χ0) is 47.6. The number of thioether (sulfide) groups is 1. The highest BCUT2D eigenvalue weighted by Crippen LogP contribution is 2.47. The summed E-state index contributed by atoms with van der Waals surface area (Å²) in [5.41, 5.74) is 7.73. The van der Waals surface area contributed by atoms with E-state index in [9.17, 15) is 23.8 Å². The number of fused-ring (bicyclic) bond motifs is 2. The Morgan fingerprint density at radius 2 is 1.48 bits per heavy atom. The van der Waals surface area contributed by atoms with Crippen molar-refractivity contribution in [2.75, 3.05) is 18.6 Å². The number of methoxy groups -OCH3 is 1. The van der Waals surface area contributed by atoms with Gasteiger partial charge in [-0.2, -0.15) is 0 Å². The normalized spacial score (nSPS) is 16.1. The van der Waals surface area contributed by atoms with Gasteiger partial charge in [0.15, 0.2) is 0 Å². The number of nitrogens with zero attached hydrogens (tertiary/aromatic N) is 1. The van der Waals surface area contributed by atoms with E-state index in [1.54, 1.807) is 88.5 Å². The summed E-state index contributed by atoms with van der Waals surface area (Å²) in [5, 5.41) is 7.30. The monoisotopic (exact) mass is 945 g/mol. The lowest BCUT2D eigenvalue weighted by molar-refractivity contribution is -0.129. The van der Waals surface area contributed by atoms with Gasteiger partial charge in [-0.05, 0) is 96.6 Å². The van der Waals surface area contributed by atoms with Crippen molar-refractivity contribution < 1.29 is 47.2 Å². The lowest BCUT2D eigenvalue weighted by Gasteiger charge is -2.30. The first-order valence-corrected chi connectivity index (χ1v) is 23.8. The second kappa shape index (κ2) is 21.7. The quantitative estimate of drug-likeness (QED) is 0.0436. The number of benzene rings is 6. The van der Waals surface area contributed by atoms with Crippen LogP contribution >= 0.6 is 19.6 Å². The fourth-order valence-corrected chi connectivity index (χ4v) is 9.42. The van der Waals surface area contributed by atoms with E-state index in [-0.39, 0.29) is 31.9 Å². The fourth-order valence-electron chi connectivity index (χ4n) is 7.32. The number of anilines is 1. The molecule has 7 rings (SSSR count). The molecule has 0 bridgehead atoms. The van der Waals surface area contributed by atoms with Gasteiger partial charge in [0.1, 0.15) is 35.7 Å². The molecule has 15 nitrogen and oxygen atoms in total. The molecule has 0 aromatic heterocycles. The molecule has 0 saturated carbocycles. The zero-order valence-corrected chi connectivity index (χ0v) is 39.1. The highest BCUT2D eigenvalue weighted by Gasteiger charge is 2.41. The molecule has 4 amide bonds. The van der Waals surface area contributed by atoms with E-state index < -0.39 is 54.6 Å². The topological polar surface area (TPSA) is 194 Å². The van der Waals surface area contributed by atoms with Crippen molar-refractivity contribution in [1.82, 2.24) is 21.5 Å². The Morgan fingerprint density at radius 3 is 2.21 bits per heavy atom. The number of para-hydroxylation sites is 1. The van der Waals surface area contributed by atoms with Crippen molar-refractivity contribution in [3.63, 3.8) is 0 Å². The molecule has 6 aromatic rings. The van der Waals surface area contributed by atoms with Gasteiger partial charge in [0.2, 0.25) is 11.8 Å². The first-order valence-electron chi connectivity index (χ1n) is 21.4. The first kappa shape index (κ1) is 48.3. The lowest BCUT2D eigenvalue weighted by Crippen LogP contribution is -2.58. The van der Waals surface area contributed by atoms with Crippen LogP contribution < -0.4 is 35.6 Å². The molecule has 5 N–H and O–H groups in total. The number of rotatable bonds is 17. The molecule has 6 aromatic carbocycles. The summed E-state index contributed by atoms with van der Waals surface area (Å²) in [7, 11) is -2.97. The van der Waals surface area contributed by atoms with Crippen molar-refractivity contribution >= 4 is 59.9 Å². The van der Waals surface area contributed by atoms with E-state index in [0.29, 0.717) is 33.0 Å². The van der Waals surface area contributed by atoms with Gasteiger partial charge >= 0.3 is 13.9 Å². The van der Waals surface area contributed by atoms with Crippen LogP contribution in [0.4, 0.5) is 10.5 Å². The number of amides is 4. The molecule has 17 heteroatoms. The van der Waals surface area contributed by atoms with Crippen LogP contribution in [0.5, 0.6) is 11.5 Å². The van der Waals surface area contributed by atoms with Crippen LogP contribution in [0.1, 0.15) is 48.3 Å². The van der Waals surface area contributed by atoms with Gasteiger partial charge in [-0.15, -0.1) is 11.8 Å². The van der Waals surface area contributed by atoms with Gasteiger partial charge in [-0.1, -0.05) is 109 Å². The van der Waals surface area contributed by atoms with E-state index in [2.05, 4.69) is 21.5 Å². The molecule has 348 valence electrons. The number of phosphoric acid groups is 1. The third kappa shape index (κ3) is 13.2. The van der Waals surface area contributed by atoms with Gasteiger partial charge in [-0.25, -0.2) is 14.8 Å². The summed E-state index contributed by atoms with van der Waals surface area (Å²) in [6.07, 6.45) is -0.901. The minimum absolute atomic E-state index is 0.0349. The molecule has 67 heavy (non-hydrogen) atoms. The predicted octanol–water partition coefficient (Wildman–Crippen LogP) is 8.17. The van der Waals surface area contributed by atoms with Crippen molar-refractivity contribution in [3.05, 3.63) is 168 Å². The number of carbonyl (C=O) groups excluding carboxylic acids is 4. The summed E-state index contributed by atoms with van der Waals surface area (Å²) in [4.78, 5) is 69.1. The van der Waals surface area contributed by atoms with Crippen LogP contribution in [-0.2, 0) is 47.8 Å². The number of nitrogens with one attached hydrogen (secondary N) is 4. The van der Waals surface area contributed by atoms with E-state index in [0.717, 1.165) is 16.3 Å². The zero-order valence-electron chi connectivity index (χ0n) is 37.3. The number of hydrazine groups is 1. The van der Waals surface area contributed by atoms with Crippen LogP contribution in [-0.4, -0.2) is 60.0 Å². The third-order valence-corrected chi connectivity index (χ3v) is 12.8. The van der Waals surface area contributed by atoms with Gasteiger partial charge in [-0.3, -0.25) is 29.2 Å². The van der Waals surface area contributed by atoms with E-state index in [4.69, 9.17) is 18.5 Å². The molecule has 0 radical (unpaired) electrons. The molecule has 1 heterocycles. The molecular weight excluding hydrogens is 894 g/mol. The Hall–Kier alpha value is -6.68. The van der Waals surface area contributed by atoms with Crippen molar-refractivity contribution in [2.24, 2.45) is 0 Å². The van der Waals surface area contributed by atoms with Gasteiger partial charge in [0.25, 0.3) is 5.91 Å². The number of hydrogen-bond acceptors (Lipinski definition) is 11. The SMILES string of the molecule is COc1ccc([C@H]2Sc3ccccc3N(CC(=O)NCc3cccc4ccccc34)C(=O)[C@@H]2NC(=O)[C@H](Cc2ccc(OP(=O)(O)OCc3ccccc3)cc2)NNC(=O)OC(C)(C)C)cc1. The molecule has 1 aliphatic heterocycles. The fraction of sp³-hybridized carbons (Fsp3) is 0.240. The third-order valence-electron chi connectivity index (χ3n) is 10.5. The highest BCUT2D eigenvalue weighted by molar-refractivity contribution is 7.99. The standard InChI is InChI=1S/C50H52N5O10PS/c1-50(2,3)64-49(59)54-53-41(29-33-21-25-39(26-22-33)65-66(60,61)63-32-34-13-6-5-7-14-34)47(57)52-45-46(36-23-27-38(62-4)28-24-36)67-43-20-11-10-19-42(43)55(48(45)58)31-44(56)51-30-37-17-12-16-35-15-8-9-18-40(35)37/h5-28,41,45-46,53H,29-32H2,1-4H3,(H,51,56)(H,52,57)(H,54,59)(H,60,61)/t41-,45+,46+/m0/s1. The minimum Gasteiger partial charge on any atom is -0.497 e. The first-order chi connectivity index (χ1) is 32.1. The van der Waals surface area contributed by atoms with E-state index >= 15 is 4.79 Å². The van der Waals surface area contributed by atoms with Gasteiger partial charge in [0, 0.05) is 11.4 Å². The number of ether oxygens (including phenoxy) is 2. The largest absolute Gasteiger partial charge is 0.527 e. The summed E-state index contributed by atoms with van der Waals surface area (Å²) in [5.74, 6) is -1.00. The van der Waals surface area contributed by atoms with Gasteiger partial charge < -0.3 is 29.5 Å². The average Bonchev–Trinajstić information content (AvgIpc) is 3.42. The molecule has 1 aliphatic rings. The molecule has 4 atom stereocenters. The van der Waals surface area contributed by atoms with Crippen LogP contribution in [0.15, 0.2) is 150 Å². The lowest BCUT2D eigenvalue weighted by atomic mass is 10.0. The second-order valence-corrected chi connectivity index (χ2v) is 19.2. The minimum atomic E-state index is -4.51. The van der Waals surface area contributed by atoms with Crippen molar-refractivity contribution in [1.29, 1.82) is 0 Å². The second-order valence-electron chi connectivity index (χ2n) is 16.6. The Balaban J connectivity index is 1.15. The maximum atomic E-state index is 15.1. The van der Waals surface area contributed by atoms with Crippen LogP contribution in [0.2, 0.25) is 0 Å². The molecule has 0 saturated heterocycles. The van der Waals surface area contributed by atoms with Crippen molar-refractivity contribution in [3.8, 4) is 11.5 Å². The molecule has 1 unspecified atom stereocenters. The summed E-state index contributed by atoms with van der Waals surface area (Å²) < 4.78 is 34.1. The Bertz CT molecular complexity index is 2730. The average molecular weight is 946 g/mol. The maximum Gasteiger partial charge on any atom is 0.527 e. The smallest absolute Gasteiger partial charge is 0.497 e. The Labute approximate surface area is 393 Å². The summed E-state index contributed by atoms with van der Waals surface area (Å²) in [6.45, 7) is 4.81. The predicted molar refractivity (Wildman–Crippen MR) is 256 cm³/mol. The number of carbonyl (C=O) groups is 4. The Kier molecular flexibility index (Phi) is 15.7. The summed E-state index contributed by atoms with van der Waals surface area (Å²) in [6, 6.07) is 40.7. The van der Waals surface area contributed by atoms with E-state index in [1.807, 2.05) is 72.8 Å². The van der Waals surface area contributed by atoms with E-state index in [1.165, 1.54) is 28.8 Å². The number of hydrogen-bond donors (Lipinski definition) is 5. The van der Waals surface area contributed by atoms with Crippen LogP contribution in [0, 0.1) is 0 Å². The van der Waals surface area contributed by atoms with Crippen molar-refractivity contribution in [2.45, 2.75) is 68.2 Å². The maximum absolute atomic E-state index is 15.1. The van der Waals surface area contributed by atoms with Crippen LogP contribution in [0.3, 0.4) is 0 Å². The van der Waals surface area contributed by atoms with Crippen LogP contribution in [0.25, 0.3) is 10.8 Å². The molecule has 0 aliphatic carbocycles. The molecular formula is C50H52N5O10PS. The highest BCUT2D eigenvalue weighted by atomic mass is 32.2. The Morgan fingerprint density at radius 1 is 0.806 bits per heavy atom. The molecule has 0 fully saturated rings. The van der Waals surface area contributed by atoms with Gasteiger partial charge in [0.05, 0.1) is 24.7 Å². The molecule has 0 spiro atoms.